The zero-order chi connectivity index (χ0) is 18.5. The van der Waals surface area contributed by atoms with Gasteiger partial charge in [0.05, 0.1) is 14.2 Å². The third-order valence-corrected chi connectivity index (χ3v) is 4.42. The number of ether oxygens (including phenoxy) is 1. The molecule has 4 heteroatoms. The fraction of sp³-hybridized carbons (Fsp3) is 0.227. The molecule has 134 valence electrons. The molecule has 0 fully saturated rings. The van der Waals surface area contributed by atoms with Crippen molar-refractivity contribution in [2.45, 2.75) is 13.5 Å². The van der Waals surface area contributed by atoms with E-state index in [1.54, 1.807) is 7.11 Å². The number of rotatable bonds is 6. The summed E-state index contributed by atoms with van der Waals surface area (Å²) >= 11 is 0. The Bertz CT molecular complexity index is 904. The number of quaternary nitrogens is 1. The molecule has 0 bridgehead atoms. The number of benzene rings is 3. The summed E-state index contributed by atoms with van der Waals surface area (Å²) in [5, 5.41) is 5.29. The Kier molecular flexibility index (Phi) is 5.54. The number of fused-ring (bicyclic) bond motifs is 1. The number of anilines is 1. The summed E-state index contributed by atoms with van der Waals surface area (Å²) in [5.41, 5.74) is 3.23. The van der Waals surface area contributed by atoms with Gasteiger partial charge in [-0.25, -0.2) is 0 Å². The molecule has 0 radical (unpaired) electrons. The molecule has 0 aliphatic heterocycles. The molecule has 0 saturated carbocycles. The van der Waals surface area contributed by atoms with Crippen LogP contribution in [0, 0.1) is 6.92 Å². The van der Waals surface area contributed by atoms with Crippen LogP contribution in [0.1, 0.15) is 11.1 Å². The number of carbonyl (C=O) groups excluding carboxylic acids is 1. The Hall–Kier alpha value is -2.85. The van der Waals surface area contributed by atoms with Gasteiger partial charge in [-0.1, -0.05) is 35.9 Å². The predicted octanol–water partition coefficient (Wildman–Crippen LogP) is 2.81. The van der Waals surface area contributed by atoms with E-state index in [2.05, 4.69) is 29.6 Å². The standard InChI is InChI=1S/C22H24N2O2/c1-16-4-9-20(10-5-16)23-22(25)15-24(2)14-17-6-7-19-13-21(26-3)11-8-18(19)12-17/h4-13H,14-15H2,1-3H3,(H,23,25)/p+1. The minimum absolute atomic E-state index is 0.0249. The molecule has 0 aliphatic rings. The molecule has 3 aromatic rings. The van der Waals surface area contributed by atoms with E-state index >= 15 is 0 Å². The van der Waals surface area contributed by atoms with E-state index in [9.17, 15) is 4.79 Å². The van der Waals surface area contributed by atoms with Crippen LogP contribution in [0.15, 0.2) is 60.7 Å². The zero-order valence-electron chi connectivity index (χ0n) is 15.5. The summed E-state index contributed by atoms with van der Waals surface area (Å²) < 4.78 is 5.27. The number of amides is 1. The van der Waals surface area contributed by atoms with Crippen LogP contribution in [-0.4, -0.2) is 26.6 Å². The minimum atomic E-state index is 0.0249. The average Bonchev–Trinajstić information content (AvgIpc) is 2.63. The van der Waals surface area contributed by atoms with Gasteiger partial charge in [-0.15, -0.1) is 0 Å². The van der Waals surface area contributed by atoms with Gasteiger partial charge in [0.1, 0.15) is 12.3 Å². The van der Waals surface area contributed by atoms with Gasteiger partial charge < -0.3 is 15.0 Å². The van der Waals surface area contributed by atoms with E-state index in [4.69, 9.17) is 4.74 Å². The van der Waals surface area contributed by atoms with Crippen molar-refractivity contribution >= 4 is 22.4 Å². The maximum absolute atomic E-state index is 12.2. The lowest BCUT2D eigenvalue weighted by atomic mass is 10.1. The largest absolute Gasteiger partial charge is 0.497 e. The van der Waals surface area contributed by atoms with Crippen molar-refractivity contribution in [2.75, 3.05) is 26.0 Å². The Labute approximate surface area is 154 Å². The second-order valence-electron chi connectivity index (χ2n) is 6.77. The highest BCUT2D eigenvalue weighted by Gasteiger charge is 2.11. The molecule has 0 aromatic heterocycles. The second-order valence-corrected chi connectivity index (χ2v) is 6.77. The van der Waals surface area contributed by atoms with Crippen molar-refractivity contribution in [1.82, 2.24) is 0 Å². The van der Waals surface area contributed by atoms with Crippen LogP contribution < -0.4 is 15.0 Å². The fourth-order valence-corrected chi connectivity index (χ4v) is 3.04. The number of likely N-dealkylation sites (N-methyl/N-ethyl adjacent to an activating group) is 1. The number of hydrogen-bond donors (Lipinski definition) is 2. The minimum Gasteiger partial charge on any atom is -0.497 e. The average molecular weight is 349 g/mol. The third kappa shape index (κ3) is 4.61. The molecule has 26 heavy (non-hydrogen) atoms. The number of carbonyl (C=O) groups is 1. The SMILES string of the molecule is COc1ccc2cc(C[NH+](C)CC(=O)Nc3ccc(C)cc3)ccc2c1. The maximum Gasteiger partial charge on any atom is 0.279 e. The highest BCUT2D eigenvalue weighted by Crippen LogP contribution is 2.21. The summed E-state index contributed by atoms with van der Waals surface area (Å²) in [6, 6.07) is 20.3. The van der Waals surface area contributed by atoms with Crippen LogP contribution in [0.5, 0.6) is 5.75 Å². The second kappa shape index (κ2) is 8.02. The summed E-state index contributed by atoms with van der Waals surface area (Å²) in [6.45, 7) is 3.25. The highest BCUT2D eigenvalue weighted by molar-refractivity contribution is 5.91. The number of nitrogens with one attached hydrogen (secondary N) is 2. The molecule has 1 amide bonds. The monoisotopic (exact) mass is 349 g/mol. The Morgan fingerprint density at radius 2 is 1.69 bits per heavy atom. The molecule has 1 unspecified atom stereocenters. The van der Waals surface area contributed by atoms with Gasteiger partial charge in [0.15, 0.2) is 6.54 Å². The van der Waals surface area contributed by atoms with Crippen molar-refractivity contribution in [3.05, 3.63) is 71.8 Å². The molecule has 3 rings (SSSR count). The molecule has 0 heterocycles. The predicted molar refractivity (Wildman–Crippen MR) is 106 cm³/mol. The van der Waals surface area contributed by atoms with Crippen LogP contribution in [-0.2, 0) is 11.3 Å². The van der Waals surface area contributed by atoms with E-state index < -0.39 is 0 Å². The number of methoxy groups -OCH3 is 1. The molecular formula is C22H25N2O2+. The topological polar surface area (TPSA) is 42.8 Å². The first kappa shape index (κ1) is 18.0. The lowest BCUT2D eigenvalue weighted by molar-refractivity contribution is -0.885. The van der Waals surface area contributed by atoms with E-state index in [1.165, 1.54) is 16.5 Å². The number of aryl methyl sites for hydroxylation is 1. The van der Waals surface area contributed by atoms with Crippen LogP contribution in [0.4, 0.5) is 5.69 Å². The lowest BCUT2D eigenvalue weighted by Crippen LogP contribution is -3.08. The summed E-state index contributed by atoms with van der Waals surface area (Å²) in [5.74, 6) is 0.887. The molecule has 0 aliphatic carbocycles. The first-order chi connectivity index (χ1) is 12.5. The van der Waals surface area contributed by atoms with Gasteiger partial charge in [-0.3, -0.25) is 4.79 Å². The van der Waals surface area contributed by atoms with Crippen molar-refractivity contribution in [3.63, 3.8) is 0 Å². The first-order valence-corrected chi connectivity index (χ1v) is 8.78. The van der Waals surface area contributed by atoms with Gasteiger partial charge >= 0.3 is 0 Å². The molecule has 0 spiro atoms. The smallest absolute Gasteiger partial charge is 0.279 e. The molecule has 2 N–H and O–H groups in total. The number of hydrogen-bond acceptors (Lipinski definition) is 2. The Morgan fingerprint density at radius 1 is 1.00 bits per heavy atom. The quantitative estimate of drug-likeness (QED) is 0.719. The van der Waals surface area contributed by atoms with E-state index in [1.807, 2.05) is 50.4 Å². The van der Waals surface area contributed by atoms with Crippen LogP contribution in [0.3, 0.4) is 0 Å². The van der Waals surface area contributed by atoms with E-state index in [0.717, 1.165) is 28.3 Å². The normalized spacial score (nSPS) is 12.0. The van der Waals surface area contributed by atoms with Gasteiger partial charge in [0.25, 0.3) is 5.91 Å². The van der Waals surface area contributed by atoms with Crippen molar-refractivity contribution < 1.29 is 14.4 Å². The third-order valence-electron chi connectivity index (χ3n) is 4.42. The highest BCUT2D eigenvalue weighted by atomic mass is 16.5. The Morgan fingerprint density at radius 3 is 2.42 bits per heavy atom. The van der Waals surface area contributed by atoms with Crippen molar-refractivity contribution in [1.29, 1.82) is 0 Å². The first-order valence-electron chi connectivity index (χ1n) is 8.78. The van der Waals surface area contributed by atoms with Gasteiger partial charge in [-0.2, -0.15) is 0 Å². The van der Waals surface area contributed by atoms with Gasteiger partial charge in [-0.05, 0) is 48.0 Å². The van der Waals surface area contributed by atoms with Crippen LogP contribution in [0.2, 0.25) is 0 Å². The lowest BCUT2D eigenvalue weighted by Gasteiger charge is -2.14. The molecule has 1 atom stereocenters. The summed E-state index contributed by atoms with van der Waals surface area (Å²) in [6.07, 6.45) is 0. The van der Waals surface area contributed by atoms with Gasteiger partial charge in [0, 0.05) is 11.3 Å². The summed E-state index contributed by atoms with van der Waals surface area (Å²) in [7, 11) is 3.71. The molecular weight excluding hydrogens is 324 g/mol. The van der Waals surface area contributed by atoms with Gasteiger partial charge in [0.2, 0.25) is 0 Å². The molecule has 4 nitrogen and oxygen atoms in total. The van der Waals surface area contributed by atoms with Crippen molar-refractivity contribution in [2.24, 2.45) is 0 Å². The Balaban J connectivity index is 1.60. The van der Waals surface area contributed by atoms with Crippen LogP contribution >= 0.6 is 0 Å². The fourth-order valence-electron chi connectivity index (χ4n) is 3.04. The maximum atomic E-state index is 12.2. The van der Waals surface area contributed by atoms with Crippen LogP contribution in [0.25, 0.3) is 10.8 Å². The zero-order valence-corrected chi connectivity index (χ0v) is 15.5. The molecule has 3 aromatic carbocycles. The summed E-state index contributed by atoms with van der Waals surface area (Å²) in [4.78, 5) is 13.4. The van der Waals surface area contributed by atoms with E-state index in [-0.39, 0.29) is 5.91 Å². The van der Waals surface area contributed by atoms with E-state index in [0.29, 0.717) is 6.54 Å². The molecule has 0 saturated heterocycles. The van der Waals surface area contributed by atoms with Crippen molar-refractivity contribution in [3.8, 4) is 5.75 Å².